The van der Waals surface area contributed by atoms with Crippen LogP contribution >= 0.6 is 0 Å². The Kier molecular flexibility index (Phi) is 5.50. The molecule has 0 radical (unpaired) electrons. The van der Waals surface area contributed by atoms with Gasteiger partial charge in [-0.25, -0.2) is 0 Å². The average molecular weight is 271 g/mol. The normalized spacial score (nSPS) is 12.1. The van der Waals surface area contributed by atoms with Gasteiger partial charge in [0.2, 0.25) is 0 Å². The van der Waals surface area contributed by atoms with Crippen LogP contribution in [0, 0.1) is 0 Å². The number of hydrogen-bond acceptors (Lipinski definition) is 4. The zero-order chi connectivity index (χ0) is 14.2. The zero-order valence-corrected chi connectivity index (χ0v) is 12.0. The minimum Gasteiger partial charge on any atom is -0.492 e. The van der Waals surface area contributed by atoms with Crippen molar-refractivity contribution in [2.45, 2.75) is 26.3 Å². The predicted octanol–water partition coefficient (Wildman–Crippen LogP) is 2.77. The van der Waals surface area contributed by atoms with Gasteiger partial charge in [-0.15, -0.1) is 0 Å². The Balaban J connectivity index is 1.82. The van der Waals surface area contributed by atoms with E-state index in [1.165, 1.54) is 0 Å². The molecule has 4 heteroatoms. The molecule has 20 heavy (non-hydrogen) atoms. The molecule has 2 aromatic rings. The lowest BCUT2D eigenvalue weighted by molar-refractivity contribution is 0.319. The SMILES string of the molecule is CCNC(C)c1ccc(OCCc2ccccn2)cn1. The van der Waals surface area contributed by atoms with E-state index in [4.69, 9.17) is 4.74 Å². The van der Waals surface area contributed by atoms with E-state index in [2.05, 4.69) is 29.1 Å². The first-order valence-corrected chi connectivity index (χ1v) is 7.01. The maximum atomic E-state index is 5.68. The van der Waals surface area contributed by atoms with E-state index in [9.17, 15) is 0 Å². The minimum atomic E-state index is 0.266. The Morgan fingerprint density at radius 2 is 2.10 bits per heavy atom. The van der Waals surface area contributed by atoms with Gasteiger partial charge in [0.05, 0.1) is 18.5 Å². The number of aromatic nitrogens is 2. The second-order valence-corrected chi connectivity index (χ2v) is 4.62. The van der Waals surface area contributed by atoms with Crippen molar-refractivity contribution in [3.63, 3.8) is 0 Å². The number of pyridine rings is 2. The molecule has 0 aliphatic carbocycles. The summed E-state index contributed by atoms with van der Waals surface area (Å²) in [7, 11) is 0. The summed E-state index contributed by atoms with van der Waals surface area (Å²) < 4.78 is 5.68. The maximum Gasteiger partial charge on any atom is 0.137 e. The van der Waals surface area contributed by atoms with Crippen LogP contribution in [0.3, 0.4) is 0 Å². The number of ether oxygens (including phenoxy) is 1. The van der Waals surface area contributed by atoms with Gasteiger partial charge < -0.3 is 10.1 Å². The Labute approximate surface area is 120 Å². The molecule has 0 fully saturated rings. The minimum absolute atomic E-state index is 0.266. The molecular weight excluding hydrogens is 250 g/mol. The van der Waals surface area contributed by atoms with Crippen molar-refractivity contribution >= 4 is 0 Å². The Hall–Kier alpha value is -1.94. The molecule has 0 aromatic carbocycles. The molecule has 1 unspecified atom stereocenters. The highest BCUT2D eigenvalue weighted by Gasteiger charge is 2.05. The lowest BCUT2D eigenvalue weighted by atomic mass is 10.2. The van der Waals surface area contributed by atoms with Gasteiger partial charge in [0.15, 0.2) is 0 Å². The van der Waals surface area contributed by atoms with E-state index in [1.807, 2.05) is 30.3 Å². The molecule has 0 amide bonds. The summed E-state index contributed by atoms with van der Waals surface area (Å²) in [6, 6.07) is 10.1. The summed E-state index contributed by atoms with van der Waals surface area (Å²) in [4.78, 5) is 8.68. The summed E-state index contributed by atoms with van der Waals surface area (Å²) in [5, 5.41) is 3.33. The summed E-state index contributed by atoms with van der Waals surface area (Å²) in [6.07, 6.45) is 4.38. The van der Waals surface area contributed by atoms with Crippen molar-refractivity contribution in [2.24, 2.45) is 0 Å². The quantitative estimate of drug-likeness (QED) is 0.841. The third kappa shape index (κ3) is 4.31. The molecule has 2 aromatic heterocycles. The maximum absolute atomic E-state index is 5.68. The first kappa shape index (κ1) is 14.5. The van der Waals surface area contributed by atoms with Crippen LogP contribution < -0.4 is 10.1 Å². The molecule has 2 rings (SSSR count). The first-order valence-electron chi connectivity index (χ1n) is 7.01. The first-order chi connectivity index (χ1) is 9.79. The predicted molar refractivity (Wildman–Crippen MR) is 79.8 cm³/mol. The molecule has 2 heterocycles. The molecule has 0 aliphatic heterocycles. The second kappa shape index (κ2) is 7.60. The molecule has 1 N–H and O–H groups in total. The van der Waals surface area contributed by atoms with Crippen molar-refractivity contribution < 1.29 is 4.74 Å². The van der Waals surface area contributed by atoms with Crippen molar-refractivity contribution in [3.05, 3.63) is 54.1 Å². The van der Waals surface area contributed by atoms with Gasteiger partial charge in [-0.3, -0.25) is 9.97 Å². The number of nitrogens with zero attached hydrogens (tertiary/aromatic N) is 2. The molecule has 1 atom stereocenters. The second-order valence-electron chi connectivity index (χ2n) is 4.62. The molecule has 0 bridgehead atoms. The van der Waals surface area contributed by atoms with Gasteiger partial charge in [0.1, 0.15) is 5.75 Å². The monoisotopic (exact) mass is 271 g/mol. The largest absolute Gasteiger partial charge is 0.492 e. The molecule has 106 valence electrons. The molecule has 0 saturated carbocycles. The summed E-state index contributed by atoms with van der Waals surface area (Å²) in [5.41, 5.74) is 2.07. The highest BCUT2D eigenvalue weighted by molar-refractivity contribution is 5.21. The van der Waals surface area contributed by atoms with Crippen LogP contribution in [-0.2, 0) is 6.42 Å². The van der Waals surface area contributed by atoms with E-state index in [0.29, 0.717) is 6.61 Å². The molecule has 4 nitrogen and oxygen atoms in total. The van der Waals surface area contributed by atoms with Crippen LogP contribution in [0.2, 0.25) is 0 Å². The van der Waals surface area contributed by atoms with Gasteiger partial charge >= 0.3 is 0 Å². The summed E-state index contributed by atoms with van der Waals surface area (Å²) >= 11 is 0. The van der Waals surface area contributed by atoms with E-state index in [1.54, 1.807) is 12.4 Å². The lowest BCUT2D eigenvalue weighted by Gasteiger charge is -2.12. The van der Waals surface area contributed by atoms with E-state index < -0.39 is 0 Å². The molecule has 0 saturated heterocycles. The Morgan fingerprint density at radius 3 is 2.75 bits per heavy atom. The highest BCUT2D eigenvalue weighted by atomic mass is 16.5. The fraction of sp³-hybridized carbons (Fsp3) is 0.375. The number of nitrogens with one attached hydrogen (secondary N) is 1. The van der Waals surface area contributed by atoms with Crippen LogP contribution in [0.15, 0.2) is 42.7 Å². The fourth-order valence-corrected chi connectivity index (χ4v) is 1.96. The van der Waals surface area contributed by atoms with Crippen LogP contribution in [0.4, 0.5) is 0 Å². The topological polar surface area (TPSA) is 47.0 Å². The van der Waals surface area contributed by atoms with Crippen LogP contribution in [0.25, 0.3) is 0 Å². The molecular formula is C16H21N3O. The lowest BCUT2D eigenvalue weighted by Crippen LogP contribution is -2.18. The summed E-state index contributed by atoms with van der Waals surface area (Å²) in [6.45, 7) is 5.74. The van der Waals surface area contributed by atoms with E-state index >= 15 is 0 Å². The number of rotatable bonds is 7. The molecule has 0 spiro atoms. The number of hydrogen-bond donors (Lipinski definition) is 1. The van der Waals surface area contributed by atoms with Crippen LogP contribution in [0.1, 0.15) is 31.3 Å². The van der Waals surface area contributed by atoms with Crippen molar-refractivity contribution in [3.8, 4) is 5.75 Å². The van der Waals surface area contributed by atoms with Crippen LogP contribution in [-0.4, -0.2) is 23.1 Å². The highest BCUT2D eigenvalue weighted by Crippen LogP contribution is 2.14. The molecule has 0 aliphatic rings. The van der Waals surface area contributed by atoms with Crippen LogP contribution in [0.5, 0.6) is 5.75 Å². The van der Waals surface area contributed by atoms with E-state index in [0.717, 1.165) is 30.1 Å². The van der Waals surface area contributed by atoms with Gasteiger partial charge in [-0.05, 0) is 37.7 Å². The van der Waals surface area contributed by atoms with Crippen molar-refractivity contribution in [2.75, 3.05) is 13.2 Å². The van der Waals surface area contributed by atoms with Gasteiger partial charge in [0, 0.05) is 24.4 Å². The average Bonchev–Trinajstić information content (AvgIpc) is 2.49. The third-order valence-corrected chi connectivity index (χ3v) is 3.07. The smallest absolute Gasteiger partial charge is 0.137 e. The Bertz CT molecular complexity index is 499. The van der Waals surface area contributed by atoms with E-state index in [-0.39, 0.29) is 6.04 Å². The van der Waals surface area contributed by atoms with Crippen molar-refractivity contribution in [1.29, 1.82) is 0 Å². The Morgan fingerprint density at radius 1 is 1.20 bits per heavy atom. The summed E-state index contributed by atoms with van der Waals surface area (Å²) in [5.74, 6) is 0.799. The zero-order valence-electron chi connectivity index (χ0n) is 12.0. The third-order valence-electron chi connectivity index (χ3n) is 3.07. The van der Waals surface area contributed by atoms with Gasteiger partial charge in [0.25, 0.3) is 0 Å². The van der Waals surface area contributed by atoms with Gasteiger partial charge in [-0.1, -0.05) is 13.0 Å². The van der Waals surface area contributed by atoms with Gasteiger partial charge in [-0.2, -0.15) is 0 Å². The standard InChI is InChI=1S/C16H21N3O/c1-3-17-13(2)16-8-7-15(12-19-16)20-11-9-14-6-4-5-10-18-14/h4-8,10,12-13,17H,3,9,11H2,1-2H3. The fourth-order valence-electron chi connectivity index (χ4n) is 1.96. The van der Waals surface area contributed by atoms with Crippen molar-refractivity contribution in [1.82, 2.24) is 15.3 Å².